The van der Waals surface area contributed by atoms with Gasteiger partial charge in [-0.1, -0.05) is 6.07 Å². The van der Waals surface area contributed by atoms with E-state index in [0.717, 1.165) is 9.56 Å². The average Bonchev–Trinajstić information content (AvgIpc) is 3.18. The number of hydrogen-bond donors (Lipinski definition) is 0. The fourth-order valence-electron chi connectivity index (χ4n) is 2.64. The highest BCUT2D eigenvalue weighted by Gasteiger charge is 2.32. The van der Waals surface area contributed by atoms with Crippen LogP contribution in [0.5, 0.6) is 0 Å². The molecule has 0 N–H and O–H groups in total. The molecule has 9 heteroatoms. The number of nitrogens with zero attached hydrogens (tertiary/aromatic N) is 3. The first-order valence-corrected chi connectivity index (χ1v) is 10.1. The highest BCUT2D eigenvalue weighted by Crippen LogP contribution is 2.21. The first-order chi connectivity index (χ1) is 11.4. The maximum absolute atomic E-state index is 12.4. The lowest BCUT2D eigenvalue weighted by atomic mass is 10.2. The lowest BCUT2D eigenvalue weighted by Gasteiger charge is -2.23. The van der Waals surface area contributed by atoms with Crippen LogP contribution >= 0.6 is 11.3 Å². The minimum Gasteiger partial charge on any atom is -0.340 e. The molecule has 0 radical (unpaired) electrons. The summed E-state index contributed by atoms with van der Waals surface area (Å²) in [6, 6.07) is 6.45. The van der Waals surface area contributed by atoms with Gasteiger partial charge in [0.2, 0.25) is 5.91 Å². The summed E-state index contributed by atoms with van der Waals surface area (Å²) in [5.74, 6) is -0.247. The van der Waals surface area contributed by atoms with Crippen LogP contribution < -0.4 is 5.56 Å². The molecule has 0 spiro atoms. The van der Waals surface area contributed by atoms with Gasteiger partial charge in [0.05, 0.1) is 16.4 Å². The maximum atomic E-state index is 12.4. The van der Waals surface area contributed by atoms with E-state index in [-0.39, 0.29) is 35.6 Å². The number of sulfone groups is 1. The molecule has 1 aliphatic rings. The van der Waals surface area contributed by atoms with E-state index in [4.69, 9.17) is 0 Å². The minimum absolute atomic E-state index is 0.0210. The minimum atomic E-state index is -3.07. The van der Waals surface area contributed by atoms with Crippen LogP contribution in [0, 0.1) is 0 Å². The van der Waals surface area contributed by atoms with E-state index in [2.05, 4.69) is 5.10 Å². The number of carbonyl (C=O) groups excluding carboxylic acids is 1. The summed E-state index contributed by atoms with van der Waals surface area (Å²) in [5, 5.41) is 6.15. The zero-order valence-electron chi connectivity index (χ0n) is 13.1. The van der Waals surface area contributed by atoms with Crippen molar-refractivity contribution in [1.29, 1.82) is 0 Å². The van der Waals surface area contributed by atoms with Gasteiger partial charge in [0.15, 0.2) is 9.84 Å². The maximum Gasteiger partial charge on any atom is 0.267 e. The Hall–Kier alpha value is -2.00. The quantitative estimate of drug-likeness (QED) is 0.790. The van der Waals surface area contributed by atoms with Crippen molar-refractivity contribution in [1.82, 2.24) is 14.7 Å². The van der Waals surface area contributed by atoms with Crippen molar-refractivity contribution in [3.05, 3.63) is 40.0 Å². The van der Waals surface area contributed by atoms with Crippen molar-refractivity contribution in [2.24, 2.45) is 0 Å². The summed E-state index contributed by atoms with van der Waals surface area (Å²) in [7, 11) is -1.50. The first-order valence-electron chi connectivity index (χ1n) is 7.44. The van der Waals surface area contributed by atoms with Crippen molar-refractivity contribution in [3.63, 3.8) is 0 Å². The Balaban J connectivity index is 1.77. The average molecular weight is 367 g/mol. The molecular formula is C15H17N3O4S2. The second-order valence-electron chi connectivity index (χ2n) is 5.75. The molecular weight excluding hydrogens is 350 g/mol. The molecule has 0 bridgehead atoms. The number of rotatable bonds is 4. The summed E-state index contributed by atoms with van der Waals surface area (Å²) in [6.45, 7) is -0.203. The topological polar surface area (TPSA) is 89.3 Å². The van der Waals surface area contributed by atoms with Crippen molar-refractivity contribution in [3.8, 4) is 10.6 Å². The van der Waals surface area contributed by atoms with Gasteiger partial charge in [0.25, 0.3) is 5.56 Å². The van der Waals surface area contributed by atoms with Crippen LogP contribution in [0.2, 0.25) is 0 Å². The smallest absolute Gasteiger partial charge is 0.267 e. The molecule has 1 amide bonds. The molecule has 3 rings (SSSR count). The summed E-state index contributed by atoms with van der Waals surface area (Å²) in [6.07, 6.45) is 0.433. The Labute approximate surface area is 143 Å². The number of thiophene rings is 1. The second kappa shape index (κ2) is 6.48. The van der Waals surface area contributed by atoms with E-state index in [1.807, 2.05) is 17.5 Å². The van der Waals surface area contributed by atoms with Crippen LogP contribution in [0.25, 0.3) is 10.6 Å². The normalized spacial score (nSPS) is 19.3. The Morgan fingerprint density at radius 2 is 2.21 bits per heavy atom. The number of carbonyl (C=O) groups is 1. The highest BCUT2D eigenvalue weighted by molar-refractivity contribution is 7.91. The fraction of sp³-hybridized carbons (Fsp3) is 0.400. The third-order valence-electron chi connectivity index (χ3n) is 4.07. The van der Waals surface area contributed by atoms with Gasteiger partial charge < -0.3 is 4.90 Å². The largest absolute Gasteiger partial charge is 0.340 e. The lowest BCUT2D eigenvalue weighted by molar-refractivity contribution is -0.132. The monoisotopic (exact) mass is 367 g/mol. The van der Waals surface area contributed by atoms with E-state index in [1.165, 1.54) is 22.3 Å². The molecule has 7 nitrogen and oxygen atoms in total. The second-order valence-corrected chi connectivity index (χ2v) is 8.93. The highest BCUT2D eigenvalue weighted by atomic mass is 32.2. The molecule has 3 heterocycles. The molecule has 1 fully saturated rings. The molecule has 2 aromatic rings. The van der Waals surface area contributed by atoms with Gasteiger partial charge in [-0.15, -0.1) is 11.3 Å². The van der Waals surface area contributed by atoms with Crippen molar-refractivity contribution in [2.45, 2.75) is 19.0 Å². The predicted molar refractivity (Wildman–Crippen MR) is 91.6 cm³/mol. The standard InChI is InChI=1S/C15H17N3O4S2/c1-17(11-6-8-24(21,22)10-11)15(20)9-18-14(19)5-4-12(16-18)13-3-2-7-23-13/h2-5,7,11H,6,8-10H2,1H3/t11-/m0/s1. The Kier molecular flexibility index (Phi) is 4.55. The van der Waals surface area contributed by atoms with E-state index in [0.29, 0.717) is 12.1 Å². The van der Waals surface area contributed by atoms with Crippen LogP contribution in [0.4, 0.5) is 0 Å². The van der Waals surface area contributed by atoms with Crippen LogP contribution in [0.15, 0.2) is 34.4 Å². The molecule has 0 unspecified atom stereocenters. The van der Waals surface area contributed by atoms with Crippen LogP contribution in [0.1, 0.15) is 6.42 Å². The predicted octanol–water partition coefficient (Wildman–Crippen LogP) is 0.617. The van der Waals surface area contributed by atoms with Crippen molar-refractivity contribution >= 4 is 27.1 Å². The van der Waals surface area contributed by atoms with Crippen LogP contribution in [-0.2, 0) is 21.2 Å². The molecule has 0 aromatic carbocycles. The first kappa shape index (κ1) is 16.8. The van der Waals surface area contributed by atoms with Gasteiger partial charge >= 0.3 is 0 Å². The molecule has 1 atom stereocenters. The number of aromatic nitrogens is 2. The van der Waals surface area contributed by atoms with Crippen molar-refractivity contribution in [2.75, 3.05) is 18.6 Å². The summed E-state index contributed by atoms with van der Waals surface area (Å²) < 4.78 is 24.2. The van der Waals surface area contributed by atoms with E-state index in [1.54, 1.807) is 13.1 Å². The molecule has 2 aromatic heterocycles. The third kappa shape index (κ3) is 3.57. The third-order valence-corrected chi connectivity index (χ3v) is 6.72. The SMILES string of the molecule is CN(C(=O)Cn1nc(-c2cccs2)ccc1=O)[C@H]1CCS(=O)(=O)C1. The number of likely N-dealkylation sites (N-methyl/N-ethyl adjacent to an activating group) is 1. The summed E-state index contributed by atoms with van der Waals surface area (Å²) in [5.41, 5.74) is 0.264. The fourth-order valence-corrected chi connectivity index (χ4v) is 5.11. The van der Waals surface area contributed by atoms with Gasteiger partial charge in [-0.2, -0.15) is 5.10 Å². The van der Waals surface area contributed by atoms with E-state index in [9.17, 15) is 18.0 Å². The molecule has 1 saturated heterocycles. The molecule has 24 heavy (non-hydrogen) atoms. The van der Waals surface area contributed by atoms with Gasteiger partial charge in [-0.25, -0.2) is 13.1 Å². The van der Waals surface area contributed by atoms with Gasteiger partial charge in [0.1, 0.15) is 12.2 Å². The Morgan fingerprint density at radius 3 is 2.83 bits per heavy atom. The number of hydrogen-bond acceptors (Lipinski definition) is 6. The molecule has 128 valence electrons. The summed E-state index contributed by atoms with van der Waals surface area (Å²) in [4.78, 5) is 26.7. The van der Waals surface area contributed by atoms with Crippen LogP contribution in [0.3, 0.4) is 0 Å². The van der Waals surface area contributed by atoms with Gasteiger partial charge in [0, 0.05) is 19.2 Å². The zero-order valence-corrected chi connectivity index (χ0v) is 14.7. The lowest BCUT2D eigenvalue weighted by Crippen LogP contribution is -2.41. The zero-order chi connectivity index (χ0) is 17.3. The van der Waals surface area contributed by atoms with Gasteiger partial charge in [-0.05, 0) is 23.9 Å². The number of amides is 1. The van der Waals surface area contributed by atoms with E-state index < -0.39 is 9.84 Å². The van der Waals surface area contributed by atoms with Crippen molar-refractivity contribution < 1.29 is 13.2 Å². The Bertz CT molecular complexity index is 903. The molecule has 0 aliphatic carbocycles. The van der Waals surface area contributed by atoms with E-state index >= 15 is 0 Å². The molecule has 1 aliphatic heterocycles. The molecule has 0 saturated carbocycles. The van der Waals surface area contributed by atoms with Gasteiger partial charge in [-0.3, -0.25) is 9.59 Å². The summed E-state index contributed by atoms with van der Waals surface area (Å²) >= 11 is 1.50. The Morgan fingerprint density at radius 1 is 1.42 bits per heavy atom. The van der Waals surface area contributed by atoms with Crippen LogP contribution in [-0.4, -0.2) is 53.6 Å².